The molecule has 0 unspecified atom stereocenters. The first-order valence-electron chi connectivity index (χ1n) is 10.8. The Hall–Kier alpha value is -4.19. The van der Waals surface area contributed by atoms with E-state index in [4.69, 9.17) is 10.00 Å². The summed E-state index contributed by atoms with van der Waals surface area (Å²) in [6.07, 6.45) is 1.12. The number of carbonyl (C=O) groups excluding carboxylic acids is 2. The lowest BCUT2D eigenvalue weighted by atomic mass is 10.1. The van der Waals surface area contributed by atoms with Gasteiger partial charge in [0.25, 0.3) is 5.91 Å². The number of hydrogen-bond acceptors (Lipinski definition) is 5. The maximum Gasteiger partial charge on any atom is 0.255 e. The number of nitriles is 1. The first kappa shape index (κ1) is 24.5. The van der Waals surface area contributed by atoms with Gasteiger partial charge in [-0.1, -0.05) is 6.07 Å². The van der Waals surface area contributed by atoms with Crippen LogP contribution in [-0.4, -0.2) is 28.7 Å². The Bertz CT molecular complexity index is 1250. The van der Waals surface area contributed by atoms with Crippen molar-refractivity contribution in [2.75, 3.05) is 17.7 Å². The van der Waals surface area contributed by atoms with Gasteiger partial charge < -0.3 is 15.4 Å². The van der Waals surface area contributed by atoms with Crippen LogP contribution in [0.15, 0.2) is 42.5 Å². The lowest BCUT2D eigenvalue weighted by molar-refractivity contribution is -0.116. The van der Waals surface area contributed by atoms with Gasteiger partial charge in [0.1, 0.15) is 11.6 Å². The summed E-state index contributed by atoms with van der Waals surface area (Å²) in [6.45, 7) is 4.34. The number of nitrogens with zero attached hydrogens (tertiary/aromatic N) is 3. The summed E-state index contributed by atoms with van der Waals surface area (Å²) in [5.41, 5.74) is 3.78. The number of carbonyl (C=O) groups is 2. The predicted octanol–water partition coefficient (Wildman–Crippen LogP) is 4.38. The van der Waals surface area contributed by atoms with Crippen LogP contribution in [0.2, 0.25) is 0 Å². The molecule has 3 aromatic rings. The zero-order valence-corrected chi connectivity index (χ0v) is 19.3. The summed E-state index contributed by atoms with van der Waals surface area (Å²) in [6, 6.07) is 12.4. The number of halogens is 1. The molecule has 0 aliphatic rings. The summed E-state index contributed by atoms with van der Waals surface area (Å²) in [7, 11) is 1.47. The fourth-order valence-electron chi connectivity index (χ4n) is 3.64. The molecule has 1 heterocycles. The van der Waals surface area contributed by atoms with E-state index in [9.17, 15) is 14.0 Å². The van der Waals surface area contributed by atoms with Crippen LogP contribution >= 0.6 is 0 Å². The average Bonchev–Trinajstić information content (AvgIpc) is 3.08. The molecule has 0 spiro atoms. The second-order valence-electron chi connectivity index (χ2n) is 7.71. The Morgan fingerprint density at radius 1 is 1.18 bits per heavy atom. The highest BCUT2D eigenvalue weighted by Gasteiger charge is 2.15. The Morgan fingerprint density at radius 2 is 1.97 bits per heavy atom. The van der Waals surface area contributed by atoms with E-state index in [0.717, 1.165) is 23.0 Å². The zero-order chi connectivity index (χ0) is 24.7. The topological polar surface area (TPSA) is 109 Å². The summed E-state index contributed by atoms with van der Waals surface area (Å²) in [5, 5.41) is 18.8. The van der Waals surface area contributed by atoms with Crippen molar-refractivity contribution in [2.24, 2.45) is 0 Å². The maximum atomic E-state index is 13.5. The van der Waals surface area contributed by atoms with Gasteiger partial charge in [0.05, 0.1) is 37.5 Å². The first-order valence-corrected chi connectivity index (χ1v) is 10.8. The minimum absolute atomic E-state index is 0.164. The van der Waals surface area contributed by atoms with Crippen molar-refractivity contribution in [2.45, 2.75) is 39.7 Å². The fraction of sp³-hybridized carbons (Fsp3) is 0.280. The Morgan fingerprint density at radius 3 is 2.68 bits per heavy atom. The van der Waals surface area contributed by atoms with E-state index >= 15 is 0 Å². The lowest BCUT2D eigenvalue weighted by Gasteiger charge is -2.13. The van der Waals surface area contributed by atoms with Gasteiger partial charge in [0, 0.05) is 23.4 Å². The number of amides is 2. The number of nitrogens with one attached hydrogen (secondary N) is 2. The van der Waals surface area contributed by atoms with Crippen molar-refractivity contribution < 1.29 is 18.7 Å². The van der Waals surface area contributed by atoms with Crippen LogP contribution < -0.4 is 15.4 Å². The van der Waals surface area contributed by atoms with E-state index in [-0.39, 0.29) is 17.9 Å². The van der Waals surface area contributed by atoms with Crippen LogP contribution in [0.1, 0.15) is 40.2 Å². The third kappa shape index (κ3) is 5.98. The number of anilines is 2. The summed E-state index contributed by atoms with van der Waals surface area (Å²) < 4.78 is 20.5. The molecule has 8 nitrogen and oxygen atoms in total. The molecule has 176 valence electrons. The highest BCUT2D eigenvalue weighted by Crippen LogP contribution is 2.28. The monoisotopic (exact) mass is 463 g/mol. The maximum absolute atomic E-state index is 13.5. The van der Waals surface area contributed by atoms with Gasteiger partial charge in [0.15, 0.2) is 0 Å². The average molecular weight is 464 g/mol. The molecule has 0 atom stereocenters. The van der Waals surface area contributed by atoms with Crippen LogP contribution in [0.4, 0.5) is 15.8 Å². The highest BCUT2D eigenvalue weighted by molar-refractivity contribution is 6.05. The number of aryl methyl sites for hydroxylation is 2. The third-order valence-corrected chi connectivity index (χ3v) is 5.39. The van der Waals surface area contributed by atoms with Crippen molar-refractivity contribution >= 4 is 23.2 Å². The molecule has 0 saturated heterocycles. The van der Waals surface area contributed by atoms with Gasteiger partial charge in [-0.3, -0.25) is 14.3 Å². The molecular formula is C25H26FN5O3. The van der Waals surface area contributed by atoms with Crippen LogP contribution in [0.5, 0.6) is 5.75 Å². The summed E-state index contributed by atoms with van der Waals surface area (Å²) in [4.78, 5) is 25.1. The molecule has 0 aliphatic carbocycles. The normalized spacial score (nSPS) is 10.4. The van der Waals surface area contributed by atoms with Gasteiger partial charge in [0.2, 0.25) is 5.91 Å². The molecule has 9 heteroatoms. The minimum atomic E-state index is -0.512. The molecule has 2 amide bonds. The Labute approximate surface area is 197 Å². The Balaban J connectivity index is 1.67. The highest BCUT2D eigenvalue weighted by atomic mass is 19.1. The molecule has 3 rings (SSSR count). The van der Waals surface area contributed by atoms with Gasteiger partial charge in [-0.05, 0) is 62.2 Å². The number of hydrogen-bond donors (Lipinski definition) is 2. The van der Waals surface area contributed by atoms with E-state index in [1.807, 2.05) is 13.8 Å². The summed E-state index contributed by atoms with van der Waals surface area (Å²) >= 11 is 0. The van der Waals surface area contributed by atoms with Crippen molar-refractivity contribution in [3.05, 3.63) is 70.8 Å². The second-order valence-corrected chi connectivity index (χ2v) is 7.71. The zero-order valence-electron chi connectivity index (χ0n) is 19.3. The predicted molar refractivity (Wildman–Crippen MR) is 126 cm³/mol. The van der Waals surface area contributed by atoms with Crippen LogP contribution in [-0.2, 0) is 17.8 Å². The van der Waals surface area contributed by atoms with Gasteiger partial charge in [-0.2, -0.15) is 10.4 Å². The quantitative estimate of drug-likeness (QED) is 0.489. The largest absolute Gasteiger partial charge is 0.495 e. The smallest absolute Gasteiger partial charge is 0.255 e. The number of methoxy groups -OCH3 is 1. The molecule has 0 radical (unpaired) electrons. The second kappa shape index (κ2) is 11.1. The number of rotatable bonds is 9. The molecule has 0 fully saturated rings. The molecule has 0 aliphatic heterocycles. The van der Waals surface area contributed by atoms with E-state index in [1.54, 1.807) is 22.9 Å². The number of ether oxygens (including phenoxy) is 1. The standard InChI is InChI=1S/C25H26FN5O3/c1-16-21(17(2)31(30-16)13-5-12-27)9-11-24(32)28-20-8-10-23(34-3)22(15-20)29-25(33)18-6-4-7-19(26)14-18/h4,6-8,10,14-15H,5,9,11,13H2,1-3H3,(H,28,32)(H,29,33). The van der Waals surface area contributed by atoms with E-state index in [0.29, 0.717) is 36.5 Å². The van der Waals surface area contributed by atoms with E-state index < -0.39 is 11.7 Å². The molecule has 0 bridgehead atoms. The first-order chi connectivity index (χ1) is 16.3. The Kier molecular flexibility index (Phi) is 7.98. The molecule has 34 heavy (non-hydrogen) atoms. The molecular weight excluding hydrogens is 437 g/mol. The van der Waals surface area contributed by atoms with Crippen LogP contribution in [0.25, 0.3) is 0 Å². The van der Waals surface area contributed by atoms with Crippen molar-refractivity contribution in [1.29, 1.82) is 5.26 Å². The minimum Gasteiger partial charge on any atom is -0.495 e. The number of benzene rings is 2. The molecule has 2 N–H and O–H groups in total. The van der Waals surface area contributed by atoms with Gasteiger partial charge in [-0.25, -0.2) is 4.39 Å². The SMILES string of the molecule is COc1ccc(NC(=O)CCc2c(C)nn(CCC#N)c2C)cc1NC(=O)c1cccc(F)c1. The van der Waals surface area contributed by atoms with Gasteiger partial charge >= 0.3 is 0 Å². The molecule has 1 aromatic heterocycles. The summed E-state index contributed by atoms with van der Waals surface area (Å²) in [5.74, 6) is -0.808. The van der Waals surface area contributed by atoms with Crippen molar-refractivity contribution in [3.8, 4) is 11.8 Å². The molecule has 2 aromatic carbocycles. The number of aromatic nitrogens is 2. The fourth-order valence-corrected chi connectivity index (χ4v) is 3.64. The third-order valence-electron chi connectivity index (χ3n) is 5.39. The van der Waals surface area contributed by atoms with Gasteiger partial charge in [-0.15, -0.1) is 0 Å². The lowest BCUT2D eigenvalue weighted by Crippen LogP contribution is -2.15. The van der Waals surface area contributed by atoms with Crippen LogP contribution in [0.3, 0.4) is 0 Å². The van der Waals surface area contributed by atoms with Crippen molar-refractivity contribution in [1.82, 2.24) is 9.78 Å². The van der Waals surface area contributed by atoms with Crippen molar-refractivity contribution in [3.63, 3.8) is 0 Å². The van der Waals surface area contributed by atoms with Crippen LogP contribution in [0, 0.1) is 31.0 Å². The van der Waals surface area contributed by atoms with E-state index in [1.165, 1.54) is 25.3 Å². The molecule has 0 saturated carbocycles. The van der Waals surface area contributed by atoms with E-state index in [2.05, 4.69) is 21.8 Å².